The molecule has 0 bridgehead atoms. The summed E-state index contributed by atoms with van der Waals surface area (Å²) in [4.78, 5) is 18.2. The highest BCUT2D eigenvalue weighted by atomic mass is 16.5. The fraction of sp³-hybridized carbons (Fsp3) is 0.571. The van der Waals surface area contributed by atoms with Gasteiger partial charge in [-0.05, 0) is 32.4 Å². The predicted molar refractivity (Wildman–Crippen MR) is 70.9 cm³/mol. The normalized spacial score (nSPS) is 19.4. The molecule has 0 amide bonds. The third kappa shape index (κ3) is 3.23. The average molecular weight is 264 g/mol. The number of carbonyl (C=O) groups is 1. The number of aromatic nitrogens is 1. The Kier molecular flexibility index (Phi) is 4.74. The molecule has 1 atom stereocenters. The van der Waals surface area contributed by atoms with E-state index in [9.17, 15) is 4.79 Å². The molecular weight excluding hydrogens is 244 g/mol. The molecule has 2 heterocycles. The maximum absolute atomic E-state index is 11.9. The van der Waals surface area contributed by atoms with Crippen molar-refractivity contribution in [3.63, 3.8) is 0 Å². The first-order valence-electron chi connectivity index (χ1n) is 6.64. The number of carbonyl (C=O) groups excluding carboxylic acids is 1. The van der Waals surface area contributed by atoms with Crippen LogP contribution in [0, 0.1) is 0 Å². The maximum Gasteiger partial charge on any atom is 0.323 e. The highest BCUT2D eigenvalue weighted by molar-refractivity contribution is 5.76. The lowest BCUT2D eigenvalue weighted by atomic mass is 10.2. The van der Waals surface area contributed by atoms with E-state index in [-0.39, 0.29) is 12.0 Å². The predicted octanol–water partition coefficient (Wildman–Crippen LogP) is 1.62. The molecule has 0 aliphatic carbocycles. The van der Waals surface area contributed by atoms with E-state index in [0.717, 1.165) is 24.9 Å². The number of pyridine rings is 1. The molecular formula is C14H20N2O3. The van der Waals surface area contributed by atoms with Crippen molar-refractivity contribution in [2.45, 2.75) is 32.4 Å². The molecule has 5 heteroatoms. The summed E-state index contributed by atoms with van der Waals surface area (Å²) in [6.07, 6.45) is 3.59. The van der Waals surface area contributed by atoms with Crippen LogP contribution in [0.25, 0.3) is 0 Å². The SMILES string of the molecule is CCOC(=O)C1CCCN1Cc1cccnc1OC. The largest absolute Gasteiger partial charge is 0.481 e. The van der Waals surface area contributed by atoms with Crippen LogP contribution in [-0.4, -0.2) is 42.2 Å². The number of hydrogen-bond donors (Lipinski definition) is 0. The van der Waals surface area contributed by atoms with Crippen molar-refractivity contribution in [2.75, 3.05) is 20.3 Å². The zero-order chi connectivity index (χ0) is 13.7. The number of likely N-dealkylation sites (tertiary alicyclic amines) is 1. The highest BCUT2D eigenvalue weighted by Gasteiger charge is 2.32. The molecule has 104 valence electrons. The first-order chi connectivity index (χ1) is 9.26. The van der Waals surface area contributed by atoms with Crippen LogP contribution < -0.4 is 4.74 Å². The van der Waals surface area contributed by atoms with E-state index in [4.69, 9.17) is 9.47 Å². The Morgan fingerprint density at radius 3 is 3.16 bits per heavy atom. The van der Waals surface area contributed by atoms with Gasteiger partial charge in [-0.1, -0.05) is 6.07 Å². The van der Waals surface area contributed by atoms with E-state index in [1.54, 1.807) is 13.3 Å². The van der Waals surface area contributed by atoms with Gasteiger partial charge in [0, 0.05) is 18.3 Å². The Morgan fingerprint density at radius 1 is 1.58 bits per heavy atom. The molecule has 1 aliphatic rings. The molecule has 0 spiro atoms. The van der Waals surface area contributed by atoms with E-state index in [2.05, 4.69) is 9.88 Å². The standard InChI is InChI=1S/C14H20N2O3/c1-3-19-14(17)12-7-5-9-16(12)10-11-6-4-8-15-13(11)18-2/h4,6,8,12H,3,5,7,9-10H2,1-2H3. The van der Waals surface area contributed by atoms with Crippen LogP contribution >= 0.6 is 0 Å². The van der Waals surface area contributed by atoms with Gasteiger partial charge in [-0.2, -0.15) is 0 Å². The van der Waals surface area contributed by atoms with E-state index >= 15 is 0 Å². The molecule has 0 saturated carbocycles. The monoisotopic (exact) mass is 264 g/mol. The number of methoxy groups -OCH3 is 1. The lowest BCUT2D eigenvalue weighted by Gasteiger charge is -2.23. The van der Waals surface area contributed by atoms with Crippen LogP contribution in [-0.2, 0) is 16.1 Å². The van der Waals surface area contributed by atoms with E-state index in [0.29, 0.717) is 19.0 Å². The molecule has 0 radical (unpaired) electrons. The smallest absolute Gasteiger partial charge is 0.323 e. The van der Waals surface area contributed by atoms with Gasteiger partial charge < -0.3 is 9.47 Å². The van der Waals surface area contributed by atoms with E-state index < -0.39 is 0 Å². The van der Waals surface area contributed by atoms with Gasteiger partial charge in [0.05, 0.1) is 13.7 Å². The Hall–Kier alpha value is -1.62. The molecule has 1 saturated heterocycles. The third-order valence-corrected chi connectivity index (χ3v) is 3.34. The van der Waals surface area contributed by atoms with E-state index in [1.165, 1.54) is 0 Å². The first kappa shape index (κ1) is 13.8. The van der Waals surface area contributed by atoms with Crippen LogP contribution in [0.4, 0.5) is 0 Å². The average Bonchev–Trinajstić information content (AvgIpc) is 2.88. The Morgan fingerprint density at radius 2 is 2.42 bits per heavy atom. The van der Waals surface area contributed by atoms with Gasteiger partial charge in [-0.15, -0.1) is 0 Å². The van der Waals surface area contributed by atoms with Crippen LogP contribution in [0.15, 0.2) is 18.3 Å². The minimum Gasteiger partial charge on any atom is -0.481 e. The second-order valence-corrected chi connectivity index (χ2v) is 4.55. The Balaban J connectivity index is 2.07. The molecule has 1 unspecified atom stereocenters. The summed E-state index contributed by atoms with van der Waals surface area (Å²) in [5.74, 6) is 0.500. The van der Waals surface area contributed by atoms with E-state index in [1.807, 2.05) is 19.1 Å². The van der Waals surface area contributed by atoms with Crippen molar-refractivity contribution in [2.24, 2.45) is 0 Å². The highest BCUT2D eigenvalue weighted by Crippen LogP contribution is 2.24. The van der Waals surface area contributed by atoms with Gasteiger partial charge in [-0.3, -0.25) is 9.69 Å². The summed E-state index contributed by atoms with van der Waals surface area (Å²) >= 11 is 0. The Labute approximate surface area is 113 Å². The summed E-state index contributed by atoms with van der Waals surface area (Å²) in [5.41, 5.74) is 1.00. The number of esters is 1. The lowest BCUT2D eigenvalue weighted by molar-refractivity contribution is -0.148. The fourth-order valence-electron chi connectivity index (χ4n) is 2.47. The minimum atomic E-state index is -0.134. The molecule has 1 aliphatic heterocycles. The van der Waals surface area contributed by atoms with Crippen molar-refractivity contribution in [3.8, 4) is 5.88 Å². The van der Waals surface area contributed by atoms with Gasteiger partial charge in [-0.25, -0.2) is 4.98 Å². The number of hydrogen-bond acceptors (Lipinski definition) is 5. The summed E-state index contributed by atoms with van der Waals surface area (Å²) in [6, 6.07) is 3.73. The molecule has 1 aromatic rings. The second kappa shape index (κ2) is 6.52. The van der Waals surface area contributed by atoms with Crippen LogP contribution in [0.1, 0.15) is 25.3 Å². The van der Waals surface area contributed by atoms with Gasteiger partial charge in [0.15, 0.2) is 0 Å². The molecule has 5 nitrogen and oxygen atoms in total. The first-order valence-corrected chi connectivity index (χ1v) is 6.64. The summed E-state index contributed by atoms with van der Waals surface area (Å²) < 4.78 is 10.4. The van der Waals surface area contributed by atoms with Gasteiger partial charge >= 0.3 is 5.97 Å². The second-order valence-electron chi connectivity index (χ2n) is 4.55. The lowest BCUT2D eigenvalue weighted by Crippen LogP contribution is -2.36. The molecule has 1 fully saturated rings. The molecule has 1 aromatic heterocycles. The van der Waals surface area contributed by atoms with Crippen LogP contribution in [0.2, 0.25) is 0 Å². The van der Waals surface area contributed by atoms with Crippen LogP contribution in [0.5, 0.6) is 5.88 Å². The van der Waals surface area contributed by atoms with Crippen molar-refractivity contribution in [1.29, 1.82) is 0 Å². The molecule has 0 N–H and O–H groups in total. The van der Waals surface area contributed by atoms with Crippen LogP contribution in [0.3, 0.4) is 0 Å². The number of ether oxygens (including phenoxy) is 2. The summed E-state index contributed by atoms with van der Waals surface area (Å²) in [5, 5.41) is 0. The third-order valence-electron chi connectivity index (χ3n) is 3.34. The van der Waals surface area contributed by atoms with Crippen molar-refractivity contribution >= 4 is 5.97 Å². The molecule has 0 aromatic carbocycles. The molecule has 2 rings (SSSR count). The van der Waals surface area contributed by atoms with Gasteiger partial charge in [0.25, 0.3) is 0 Å². The zero-order valence-corrected chi connectivity index (χ0v) is 11.5. The topological polar surface area (TPSA) is 51.7 Å². The van der Waals surface area contributed by atoms with Crippen molar-refractivity contribution < 1.29 is 14.3 Å². The summed E-state index contributed by atoms with van der Waals surface area (Å²) in [6.45, 7) is 3.84. The van der Waals surface area contributed by atoms with Crippen molar-refractivity contribution in [1.82, 2.24) is 9.88 Å². The zero-order valence-electron chi connectivity index (χ0n) is 11.5. The quantitative estimate of drug-likeness (QED) is 0.756. The van der Waals surface area contributed by atoms with Crippen molar-refractivity contribution in [3.05, 3.63) is 23.9 Å². The fourth-order valence-corrected chi connectivity index (χ4v) is 2.47. The number of nitrogens with zero attached hydrogens (tertiary/aromatic N) is 2. The Bertz CT molecular complexity index is 436. The number of rotatable bonds is 5. The van der Waals surface area contributed by atoms with Gasteiger partial charge in [0.1, 0.15) is 6.04 Å². The maximum atomic E-state index is 11.9. The van der Waals surface area contributed by atoms with Gasteiger partial charge in [0.2, 0.25) is 5.88 Å². The molecule has 19 heavy (non-hydrogen) atoms. The summed E-state index contributed by atoms with van der Waals surface area (Å²) in [7, 11) is 1.61. The minimum absolute atomic E-state index is 0.122.